The van der Waals surface area contributed by atoms with Gasteiger partial charge in [0.15, 0.2) is 0 Å². The predicted molar refractivity (Wildman–Crippen MR) is 75.5 cm³/mol. The number of nitrogens with zero attached hydrogens (tertiary/aromatic N) is 2. The molecule has 6 heteroatoms. The molecule has 1 aromatic heterocycles. The van der Waals surface area contributed by atoms with Crippen LogP contribution < -0.4 is 5.56 Å². The summed E-state index contributed by atoms with van der Waals surface area (Å²) in [5, 5.41) is 4.22. The molecule has 0 N–H and O–H groups in total. The van der Waals surface area contributed by atoms with Crippen molar-refractivity contribution in [3.63, 3.8) is 0 Å². The first-order valence-electron chi connectivity index (χ1n) is 6.07. The van der Waals surface area contributed by atoms with E-state index in [-0.39, 0.29) is 5.02 Å². The van der Waals surface area contributed by atoms with Gasteiger partial charge >= 0.3 is 5.97 Å². The van der Waals surface area contributed by atoms with Gasteiger partial charge in [-0.15, -0.1) is 0 Å². The molecule has 0 amide bonds. The first kappa shape index (κ1) is 14.3. The number of hydrogen-bond donors (Lipinski definition) is 0. The zero-order valence-corrected chi connectivity index (χ0v) is 11.8. The number of carbonyl (C=O) groups excluding carboxylic acids is 1. The van der Waals surface area contributed by atoms with Crippen LogP contribution in [0.2, 0.25) is 5.02 Å². The molecular weight excluding hydrogens is 280 g/mol. The largest absolute Gasteiger partial charge is 0.462 e. The smallest absolute Gasteiger partial charge is 0.338 e. The average Bonchev–Trinajstić information content (AvgIpc) is 2.43. The van der Waals surface area contributed by atoms with Gasteiger partial charge in [0.05, 0.1) is 23.6 Å². The van der Waals surface area contributed by atoms with E-state index in [0.717, 1.165) is 0 Å². The summed E-state index contributed by atoms with van der Waals surface area (Å²) in [6.45, 7) is 3.80. The van der Waals surface area contributed by atoms with Crippen LogP contribution in [-0.4, -0.2) is 22.4 Å². The molecule has 0 spiro atoms. The number of esters is 1. The standard InChI is InChI=1S/C14H13ClN2O3/c1-3-20-14(19)10-4-6-11(7-5-10)17-13(18)12(15)8-9(2)16-17/h4-8H,3H2,1-2H3. The van der Waals surface area contributed by atoms with Gasteiger partial charge in [-0.3, -0.25) is 4.79 Å². The number of aromatic nitrogens is 2. The van der Waals surface area contributed by atoms with Crippen molar-refractivity contribution in [1.82, 2.24) is 9.78 Å². The molecule has 104 valence electrons. The molecule has 0 unspecified atom stereocenters. The summed E-state index contributed by atoms with van der Waals surface area (Å²) in [5.41, 5.74) is 1.18. The summed E-state index contributed by atoms with van der Waals surface area (Å²) in [4.78, 5) is 23.5. The monoisotopic (exact) mass is 292 g/mol. The molecule has 20 heavy (non-hydrogen) atoms. The normalized spacial score (nSPS) is 10.3. The fourth-order valence-electron chi connectivity index (χ4n) is 1.71. The van der Waals surface area contributed by atoms with Crippen LogP contribution in [0.1, 0.15) is 23.0 Å². The average molecular weight is 293 g/mol. The van der Waals surface area contributed by atoms with Gasteiger partial charge in [0.25, 0.3) is 5.56 Å². The number of benzene rings is 1. The van der Waals surface area contributed by atoms with Crippen LogP contribution in [0.15, 0.2) is 35.1 Å². The molecule has 0 aliphatic carbocycles. The van der Waals surface area contributed by atoms with Crippen molar-refractivity contribution < 1.29 is 9.53 Å². The Morgan fingerprint density at radius 1 is 1.35 bits per heavy atom. The zero-order valence-electron chi connectivity index (χ0n) is 11.1. The molecule has 1 aromatic carbocycles. The van der Waals surface area contributed by atoms with Gasteiger partial charge in [-0.25, -0.2) is 4.79 Å². The Kier molecular flexibility index (Phi) is 4.20. The van der Waals surface area contributed by atoms with Crippen LogP contribution in [-0.2, 0) is 4.74 Å². The lowest BCUT2D eigenvalue weighted by molar-refractivity contribution is 0.0526. The fraction of sp³-hybridized carbons (Fsp3) is 0.214. The Morgan fingerprint density at radius 3 is 2.60 bits per heavy atom. The van der Waals surface area contributed by atoms with Gasteiger partial charge < -0.3 is 4.74 Å². The van der Waals surface area contributed by atoms with E-state index in [2.05, 4.69) is 5.10 Å². The number of aryl methyl sites for hydroxylation is 1. The lowest BCUT2D eigenvalue weighted by Gasteiger charge is -2.07. The van der Waals surface area contributed by atoms with E-state index in [0.29, 0.717) is 23.6 Å². The van der Waals surface area contributed by atoms with E-state index in [4.69, 9.17) is 16.3 Å². The zero-order chi connectivity index (χ0) is 14.7. The van der Waals surface area contributed by atoms with Crippen molar-refractivity contribution in [2.45, 2.75) is 13.8 Å². The highest BCUT2D eigenvalue weighted by atomic mass is 35.5. The molecule has 0 atom stereocenters. The van der Waals surface area contributed by atoms with E-state index < -0.39 is 11.5 Å². The lowest BCUT2D eigenvalue weighted by Crippen LogP contribution is -2.22. The highest BCUT2D eigenvalue weighted by Crippen LogP contribution is 2.10. The van der Waals surface area contributed by atoms with E-state index in [1.165, 1.54) is 10.7 Å². The van der Waals surface area contributed by atoms with Crippen molar-refractivity contribution >= 4 is 17.6 Å². The molecule has 5 nitrogen and oxygen atoms in total. The maximum absolute atomic E-state index is 11.9. The maximum Gasteiger partial charge on any atom is 0.338 e. The fourth-order valence-corrected chi connectivity index (χ4v) is 1.94. The van der Waals surface area contributed by atoms with Crippen LogP contribution in [0.4, 0.5) is 0 Å². The molecular formula is C14H13ClN2O3. The molecule has 0 fully saturated rings. The summed E-state index contributed by atoms with van der Waals surface area (Å²) >= 11 is 5.84. The third kappa shape index (κ3) is 2.88. The summed E-state index contributed by atoms with van der Waals surface area (Å²) in [6.07, 6.45) is 0. The Morgan fingerprint density at radius 2 is 2.00 bits per heavy atom. The van der Waals surface area contributed by atoms with E-state index in [1.54, 1.807) is 38.1 Å². The van der Waals surface area contributed by atoms with E-state index >= 15 is 0 Å². The van der Waals surface area contributed by atoms with Gasteiger partial charge in [0, 0.05) is 0 Å². The summed E-state index contributed by atoms with van der Waals surface area (Å²) in [7, 11) is 0. The Hall–Kier alpha value is -2.14. The predicted octanol–water partition coefficient (Wildman–Crippen LogP) is 2.37. The van der Waals surface area contributed by atoms with Crippen molar-refractivity contribution in [2.75, 3.05) is 6.61 Å². The van der Waals surface area contributed by atoms with Crippen molar-refractivity contribution in [1.29, 1.82) is 0 Å². The second kappa shape index (κ2) is 5.88. The highest BCUT2D eigenvalue weighted by molar-refractivity contribution is 6.30. The van der Waals surface area contributed by atoms with Crippen LogP contribution in [0, 0.1) is 6.92 Å². The van der Waals surface area contributed by atoms with Crippen molar-refractivity contribution in [3.8, 4) is 5.69 Å². The minimum atomic E-state index is -0.402. The molecule has 2 rings (SSSR count). The molecule has 0 aliphatic heterocycles. The molecule has 0 radical (unpaired) electrons. The molecule has 0 bridgehead atoms. The number of halogens is 1. The van der Waals surface area contributed by atoms with Crippen LogP contribution in [0.3, 0.4) is 0 Å². The number of carbonyl (C=O) groups is 1. The van der Waals surface area contributed by atoms with Crippen LogP contribution >= 0.6 is 11.6 Å². The van der Waals surface area contributed by atoms with Crippen LogP contribution in [0.25, 0.3) is 5.69 Å². The van der Waals surface area contributed by atoms with Crippen LogP contribution in [0.5, 0.6) is 0 Å². The lowest BCUT2D eigenvalue weighted by atomic mass is 10.2. The quantitative estimate of drug-likeness (QED) is 0.815. The van der Waals surface area contributed by atoms with E-state index in [9.17, 15) is 9.59 Å². The molecule has 0 aliphatic rings. The second-order valence-corrected chi connectivity index (χ2v) is 4.53. The minimum Gasteiger partial charge on any atom is -0.462 e. The summed E-state index contributed by atoms with van der Waals surface area (Å²) in [6, 6.07) is 7.91. The van der Waals surface area contributed by atoms with Gasteiger partial charge in [-0.05, 0) is 44.2 Å². The Bertz CT molecular complexity index is 693. The topological polar surface area (TPSA) is 61.2 Å². The van der Waals surface area contributed by atoms with Gasteiger partial charge in [-0.1, -0.05) is 11.6 Å². The first-order chi connectivity index (χ1) is 9.52. The van der Waals surface area contributed by atoms with Crippen molar-refractivity contribution in [3.05, 3.63) is 57.0 Å². The molecule has 0 saturated heterocycles. The SMILES string of the molecule is CCOC(=O)c1ccc(-n2nc(C)cc(Cl)c2=O)cc1. The van der Waals surface area contributed by atoms with Crippen molar-refractivity contribution in [2.24, 2.45) is 0 Å². The number of hydrogen-bond acceptors (Lipinski definition) is 4. The molecule has 2 aromatic rings. The first-order valence-corrected chi connectivity index (χ1v) is 6.44. The molecule has 0 saturated carbocycles. The maximum atomic E-state index is 11.9. The molecule has 1 heterocycles. The van der Waals surface area contributed by atoms with Gasteiger partial charge in [0.1, 0.15) is 5.02 Å². The van der Waals surface area contributed by atoms with E-state index in [1.807, 2.05) is 0 Å². The second-order valence-electron chi connectivity index (χ2n) is 4.12. The summed E-state index contributed by atoms with van der Waals surface area (Å²) < 4.78 is 6.09. The third-order valence-electron chi connectivity index (χ3n) is 2.61. The summed E-state index contributed by atoms with van der Waals surface area (Å²) in [5.74, 6) is -0.401. The van der Waals surface area contributed by atoms with Gasteiger partial charge in [-0.2, -0.15) is 9.78 Å². The Labute approximate surface area is 120 Å². The highest BCUT2D eigenvalue weighted by Gasteiger charge is 2.09. The number of ether oxygens (including phenoxy) is 1. The Balaban J connectivity index is 2.40. The van der Waals surface area contributed by atoms with Gasteiger partial charge in [0.2, 0.25) is 0 Å². The number of rotatable bonds is 3. The third-order valence-corrected chi connectivity index (χ3v) is 2.88. The minimum absolute atomic E-state index is 0.104.